The Balaban J connectivity index is 1.88. The minimum absolute atomic E-state index is 0.0211. The minimum atomic E-state index is -4.60. The first-order valence-electron chi connectivity index (χ1n) is 8.09. The number of nitrogens with zero attached hydrogens (tertiary/aromatic N) is 1. The Hall–Kier alpha value is -2.65. The van der Waals surface area contributed by atoms with Gasteiger partial charge in [0, 0.05) is 11.6 Å². The molecule has 0 unspecified atom stereocenters. The average molecular weight is 443 g/mol. The van der Waals surface area contributed by atoms with Crippen LogP contribution in [0.5, 0.6) is 11.5 Å². The molecule has 2 aromatic carbocycles. The highest BCUT2D eigenvalue weighted by Gasteiger charge is 2.33. The number of alkyl halides is 3. The highest BCUT2D eigenvalue weighted by atomic mass is 35.5. The van der Waals surface area contributed by atoms with Gasteiger partial charge in [-0.15, -0.1) is 0 Å². The van der Waals surface area contributed by atoms with Crippen LogP contribution in [0.15, 0.2) is 46.3 Å². The van der Waals surface area contributed by atoms with E-state index in [1.54, 1.807) is 24.3 Å². The maximum absolute atomic E-state index is 13.0. The van der Waals surface area contributed by atoms with Crippen LogP contribution < -0.4 is 14.8 Å². The maximum Gasteiger partial charge on any atom is 0.417 e. The summed E-state index contributed by atoms with van der Waals surface area (Å²) >= 11 is 6.62. The molecule has 5 nitrogen and oxygen atoms in total. The standard InChI is InChI=1S/C19H14ClF3N2O3S/c1-27-12-5-3-10(15(9-12)28-2)7-16-17(26)25-18(29-16)24-11-4-6-14(20)13(8-11)19(21,22)23/h3-9H,1-2H3,(H,24,25,26)/b16-7-. The van der Waals surface area contributed by atoms with E-state index in [1.807, 2.05) is 0 Å². The first-order valence-corrected chi connectivity index (χ1v) is 9.29. The van der Waals surface area contributed by atoms with E-state index < -0.39 is 22.7 Å². The first-order chi connectivity index (χ1) is 13.7. The van der Waals surface area contributed by atoms with E-state index in [2.05, 4.69) is 10.3 Å². The molecule has 2 aromatic rings. The maximum atomic E-state index is 13.0. The van der Waals surface area contributed by atoms with Gasteiger partial charge in [-0.2, -0.15) is 13.2 Å². The molecule has 0 spiro atoms. The van der Waals surface area contributed by atoms with Crippen LogP contribution in [0.4, 0.5) is 18.9 Å². The van der Waals surface area contributed by atoms with Gasteiger partial charge in [0.05, 0.1) is 35.4 Å². The molecule has 0 aliphatic carbocycles. The van der Waals surface area contributed by atoms with Crippen LogP contribution in [-0.2, 0) is 11.0 Å². The predicted molar refractivity (Wildman–Crippen MR) is 107 cm³/mol. The molecular weight excluding hydrogens is 429 g/mol. The number of methoxy groups -OCH3 is 2. The first kappa shape index (κ1) is 21.1. The third kappa shape index (κ3) is 4.86. The second kappa shape index (κ2) is 8.38. The summed E-state index contributed by atoms with van der Waals surface area (Å²) in [5.74, 6) is 0.678. The smallest absolute Gasteiger partial charge is 0.417 e. The van der Waals surface area contributed by atoms with E-state index >= 15 is 0 Å². The SMILES string of the molecule is COc1ccc(/C=C2\SC(=Nc3ccc(Cl)c(C(F)(F)F)c3)NC2=O)c(OC)c1. The monoisotopic (exact) mass is 442 g/mol. The Morgan fingerprint density at radius 2 is 1.90 bits per heavy atom. The zero-order valence-electron chi connectivity index (χ0n) is 15.1. The van der Waals surface area contributed by atoms with Gasteiger partial charge in [-0.1, -0.05) is 11.6 Å². The molecule has 1 amide bonds. The zero-order chi connectivity index (χ0) is 21.2. The van der Waals surface area contributed by atoms with Crippen LogP contribution in [0.1, 0.15) is 11.1 Å². The van der Waals surface area contributed by atoms with E-state index in [4.69, 9.17) is 21.1 Å². The van der Waals surface area contributed by atoms with Crippen molar-refractivity contribution in [1.29, 1.82) is 0 Å². The van der Waals surface area contributed by atoms with Crippen LogP contribution in [0.3, 0.4) is 0 Å². The normalized spacial score (nSPS) is 17.0. The highest BCUT2D eigenvalue weighted by molar-refractivity contribution is 8.18. The lowest BCUT2D eigenvalue weighted by Crippen LogP contribution is -2.19. The van der Waals surface area contributed by atoms with Crippen molar-refractivity contribution in [3.63, 3.8) is 0 Å². The number of nitrogens with one attached hydrogen (secondary N) is 1. The van der Waals surface area contributed by atoms with Gasteiger partial charge in [-0.05, 0) is 48.2 Å². The molecule has 1 fully saturated rings. The molecule has 152 valence electrons. The van der Waals surface area contributed by atoms with Gasteiger partial charge in [0.15, 0.2) is 5.17 Å². The van der Waals surface area contributed by atoms with Crippen LogP contribution >= 0.6 is 23.4 Å². The number of halogens is 4. The van der Waals surface area contributed by atoms with Crippen molar-refractivity contribution >= 4 is 46.2 Å². The summed E-state index contributed by atoms with van der Waals surface area (Å²) in [5, 5.41) is 2.27. The second-order valence-corrected chi connectivity index (χ2v) is 7.19. The fourth-order valence-electron chi connectivity index (χ4n) is 2.48. The lowest BCUT2D eigenvalue weighted by atomic mass is 10.1. The number of aliphatic imine (C=N–C) groups is 1. The van der Waals surface area contributed by atoms with E-state index in [1.165, 1.54) is 20.3 Å². The number of thioether (sulfide) groups is 1. The number of carbonyl (C=O) groups excluding carboxylic acids is 1. The van der Waals surface area contributed by atoms with E-state index in [9.17, 15) is 18.0 Å². The number of hydrogen-bond donors (Lipinski definition) is 1. The van der Waals surface area contributed by atoms with Crippen molar-refractivity contribution in [2.75, 3.05) is 14.2 Å². The third-order valence-electron chi connectivity index (χ3n) is 3.86. The Kier molecular flexibility index (Phi) is 6.09. The van der Waals surface area contributed by atoms with Crippen molar-refractivity contribution in [1.82, 2.24) is 5.32 Å². The number of carbonyl (C=O) groups is 1. The lowest BCUT2D eigenvalue weighted by Gasteiger charge is -2.09. The molecule has 1 aliphatic rings. The third-order valence-corrected chi connectivity index (χ3v) is 5.10. The Morgan fingerprint density at radius 3 is 2.55 bits per heavy atom. The molecule has 10 heteroatoms. The van der Waals surface area contributed by atoms with Crippen molar-refractivity contribution in [2.45, 2.75) is 6.18 Å². The van der Waals surface area contributed by atoms with Crippen molar-refractivity contribution in [3.8, 4) is 11.5 Å². The molecule has 0 atom stereocenters. The van der Waals surface area contributed by atoms with Gasteiger partial charge in [-0.25, -0.2) is 4.99 Å². The molecule has 1 N–H and O–H groups in total. The summed E-state index contributed by atoms with van der Waals surface area (Å²) in [4.78, 5) is 16.6. The lowest BCUT2D eigenvalue weighted by molar-refractivity contribution is -0.137. The molecule has 29 heavy (non-hydrogen) atoms. The Morgan fingerprint density at radius 1 is 1.14 bits per heavy atom. The average Bonchev–Trinajstić information content (AvgIpc) is 3.01. The van der Waals surface area contributed by atoms with Crippen LogP contribution in [0.2, 0.25) is 5.02 Å². The van der Waals surface area contributed by atoms with Crippen molar-refractivity contribution in [2.24, 2.45) is 4.99 Å². The van der Waals surface area contributed by atoms with Gasteiger partial charge in [0.2, 0.25) is 0 Å². The molecular formula is C19H14ClF3N2O3S. The van der Waals surface area contributed by atoms with Gasteiger partial charge < -0.3 is 14.8 Å². The fourth-order valence-corrected chi connectivity index (χ4v) is 3.53. The molecule has 3 rings (SSSR count). The van der Waals surface area contributed by atoms with E-state index in [0.29, 0.717) is 22.0 Å². The number of amides is 1. The fraction of sp³-hybridized carbons (Fsp3) is 0.158. The highest BCUT2D eigenvalue weighted by Crippen LogP contribution is 2.38. The Bertz CT molecular complexity index is 1020. The van der Waals surface area contributed by atoms with Gasteiger partial charge in [0.1, 0.15) is 11.5 Å². The number of hydrogen-bond acceptors (Lipinski definition) is 5. The summed E-state index contributed by atoms with van der Waals surface area (Å²) < 4.78 is 49.4. The zero-order valence-corrected chi connectivity index (χ0v) is 16.7. The molecule has 1 heterocycles. The van der Waals surface area contributed by atoms with Gasteiger partial charge >= 0.3 is 6.18 Å². The van der Waals surface area contributed by atoms with Crippen LogP contribution in [0.25, 0.3) is 6.08 Å². The van der Waals surface area contributed by atoms with Gasteiger partial charge in [0.25, 0.3) is 5.91 Å². The minimum Gasteiger partial charge on any atom is -0.497 e. The summed E-state index contributed by atoms with van der Waals surface area (Å²) in [7, 11) is 3.02. The summed E-state index contributed by atoms with van der Waals surface area (Å²) in [6.07, 6.45) is -3.00. The van der Waals surface area contributed by atoms with Gasteiger partial charge in [-0.3, -0.25) is 4.79 Å². The Labute approximate surface area is 173 Å². The van der Waals surface area contributed by atoms with Crippen molar-refractivity contribution in [3.05, 3.63) is 57.5 Å². The van der Waals surface area contributed by atoms with Crippen LogP contribution in [0, 0.1) is 0 Å². The molecule has 0 saturated carbocycles. The molecule has 0 bridgehead atoms. The molecule has 0 aromatic heterocycles. The number of rotatable bonds is 4. The second-order valence-electron chi connectivity index (χ2n) is 5.75. The number of benzene rings is 2. The quantitative estimate of drug-likeness (QED) is 0.655. The number of amidine groups is 1. The molecule has 1 saturated heterocycles. The largest absolute Gasteiger partial charge is 0.497 e. The summed E-state index contributed by atoms with van der Waals surface area (Å²) in [6, 6.07) is 8.40. The predicted octanol–water partition coefficient (Wildman–Crippen LogP) is 5.27. The molecule has 1 aliphatic heterocycles. The topological polar surface area (TPSA) is 59.9 Å². The van der Waals surface area contributed by atoms with E-state index in [0.717, 1.165) is 23.9 Å². The number of ether oxygens (including phenoxy) is 2. The van der Waals surface area contributed by atoms with Crippen molar-refractivity contribution < 1.29 is 27.4 Å². The summed E-state index contributed by atoms with van der Waals surface area (Å²) in [6.45, 7) is 0. The van der Waals surface area contributed by atoms with E-state index in [-0.39, 0.29) is 10.9 Å². The van der Waals surface area contributed by atoms with Crippen LogP contribution in [-0.4, -0.2) is 25.3 Å². The summed E-state index contributed by atoms with van der Waals surface area (Å²) in [5.41, 5.74) is -0.333. The molecule has 0 radical (unpaired) electrons.